The highest BCUT2D eigenvalue weighted by Gasteiger charge is 2.82. The van der Waals surface area contributed by atoms with E-state index in [-0.39, 0.29) is 25.1 Å². The summed E-state index contributed by atoms with van der Waals surface area (Å²) in [5.41, 5.74) is -6.82. The average Bonchev–Trinajstić information content (AvgIpc) is 3.64. The molecule has 1 aromatic heterocycles. The van der Waals surface area contributed by atoms with Gasteiger partial charge in [-0.2, -0.15) is 0 Å². The van der Waals surface area contributed by atoms with Crippen LogP contribution in [0.5, 0.6) is 0 Å². The van der Waals surface area contributed by atoms with Crippen LogP contribution in [0.15, 0.2) is 35.2 Å². The van der Waals surface area contributed by atoms with Crippen LogP contribution in [0.25, 0.3) is 0 Å². The maximum Gasteiger partial charge on any atom is 0.335 e. The number of hydrogen-bond acceptors (Lipinski definition) is 14. The first-order valence-corrected chi connectivity index (χ1v) is 16.0. The topological polar surface area (TPSA) is 205 Å². The third kappa shape index (κ3) is 4.28. The fourth-order valence-electron chi connectivity index (χ4n) is 10.0. The van der Waals surface area contributed by atoms with Crippen LogP contribution in [0.2, 0.25) is 0 Å². The van der Waals surface area contributed by atoms with Crippen LogP contribution in [-0.2, 0) is 47.7 Å². The van der Waals surface area contributed by atoms with E-state index in [9.17, 15) is 39.3 Å². The van der Waals surface area contributed by atoms with Gasteiger partial charge in [-0.1, -0.05) is 34.3 Å². The molecule has 3 aliphatic carbocycles. The molecule has 2 saturated heterocycles. The Morgan fingerprint density at radius 2 is 1.81 bits per heavy atom. The number of furan rings is 1. The second-order valence-electron chi connectivity index (χ2n) is 15.0. The van der Waals surface area contributed by atoms with E-state index in [2.05, 4.69) is 6.58 Å². The summed E-state index contributed by atoms with van der Waals surface area (Å²) in [7, 11) is 0. The molecule has 5 fully saturated rings. The summed E-state index contributed by atoms with van der Waals surface area (Å²) < 4.78 is 34.6. The Balaban J connectivity index is 1.62. The van der Waals surface area contributed by atoms with E-state index >= 15 is 0 Å². The number of hydrogen-bond donors (Lipinski definition) is 3. The predicted molar refractivity (Wildman–Crippen MR) is 159 cm³/mol. The summed E-state index contributed by atoms with van der Waals surface area (Å²) in [5.74, 6) is -10.6. The maximum atomic E-state index is 14.2. The Labute approximate surface area is 276 Å². The molecule has 0 spiro atoms. The molecule has 6 rings (SSSR count). The second kappa shape index (κ2) is 11.0. The minimum Gasteiger partial charge on any atom is -0.472 e. The smallest absolute Gasteiger partial charge is 0.335 e. The zero-order chi connectivity index (χ0) is 35.4. The van der Waals surface area contributed by atoms with Crippen molar-refractivity contribution < 1.29 is 67.4 Å². The van der Waals surface area contributed by atoms with Crippen LogP contribution in [0, 0.1) is 34.5 Å². The standard InChI is InChI=1S/C34H42O14/c1-15(2)24(38)29(40)47-27-25(45-14-35)22(16(3)34(42)20(37)10-19(32(27,34)7)18-8-9-43-12-18)31(6)21(46-17(4)36)11-33(41)23-26(31)30(5,48-33)13-44-28(23)39/h8-9,12,14-15,19,21-27,38,41-42H,3,10-11,13H2,1-2,4-7H3/t19-,21-,22?,23?,24?,25+,26?,27-,30+,31+,32+,33+,34+/m0/s1. The minimum absolute atomic E-state index is 0.128. The van der Waals surface area contributed by atoms with E-state index in [1.54, 1.807) is 33.8 Å². The van der Waals surface area contributed by atoms with Crippen LogP contribution in [0.4, 0.5) is 0 Å². The Morgan fingerprint density at radius 1 is 1.12 bits per heavy atom. The summed E-state index contributed by atoms with van der Waals surface area (Å²) >= 11 is 0. The number of aliphatic hydroxyl groups excluding tert-OH is 1. The molecular weight excluding hydrogens is 632 g/mol. The van der Waals surface area contributed by atoms with Crippen molar-refractivity contribution in [3.8, 4) is 0 Å². The molecule has 14 nitrogen and oxygen atoms in total. The molecule has 1 aromatic rings. The predicted octanol–water partition coefficient (Wildman–Crippen LogP) is 1.34. The van der Waals surface area contributed by atoms with Crippen LogP contribution >= 0.6 is 0 Å². The van der Waals surface area contributed by atoms with Crippen LogP contribution in [-0.4, -0.2) is 93.5 Å². The number of carbonyl (C=O) groups excluding carboxylic acids is 5. The molecule has 4 bridgehead atoms. The molecule has 48 heavy (non-hydrogen) atoms. The fourth-order valence-corrected chi connectivity index (χ4v) is 10.0. The highest BCUT2D eigenvalue weighted by molar-refractivity contribution is 5.96. The first-order chi connectivity index (χ1) is 22.3. The van der Waals surface area contributed by atoms with Crippen molar-refractivity contribution in [2.45, 2.75) is 102 Å². The molecule has 13 atom stereocenters. The molecule has 5 aliphatic rings. The third-order valence-electron chi connectivity index (χ3n) is 12.1. The number of ketones is 1. The van der Waals surface area contributed by atoms with Gasteiger partial charge in [-0.25, -0.2) is 4.79 Å². The molecule has 0 amide bonds. The molecule has 0 radical (unpaired) electrons. The summed E-state index contributed by atoms with van der Waals surface area (Å²) in [5, 5.41) is 35.4. The van der Waals surface area contributed by atoms with Crippen molar-refractivity contribution in [3.05, 3.63) is 36.3 Å². The first kappa shape index (κ1) is 34.3. The van der Waals surface area contributed by atoms with Gasteiger partial charge in [-0.15, -0.1) is 0 Å². The van der Waals surface area contributed by atoms with Gasteiger partial charge in [-0.3, -0.25) is 19.2 Å². The van der Waals surface area contributed by atoms with Gasteiger partial charge in [0.05, 0.1) is 17.9 Å². The summed E-state index contributed by atoms with van der Waals surface area (Å²) in [6, 6.07) is 1.60. The lowest BCUT2D eigenvalue weighted by Gasteiger charge is -2.63. The van der Waals surface area contributed by atoms with Crippen molar-refractivity contribution in [2.75, 3.05) is 6.61 Å². The zero-order valence-electron chi connectivity index (χ0n) is 27.7. The number of Topliss-reactive ketones (excluding diaryl/α,β-unsaturated/α-hetero) is 1. The maximum absolute atomic E-state index is 14.2. The van der Waals surface area contributed by atoms with Crippen LogP contribution < -0.4 is 0 Å². The summed E-state index contributed by atoms with van der Waals surface area (Å²) in [6.07, 6.45) is -3.94. The van der Waals surface area contributed by atoms with Crippen molar-refractivity contribution in [1.29, 1.82) is 0 Å². The van der Waals surface area contributed by atoms with Gasteiger partial charge < -0.3 is 43.4 Å². The number of rotatable bonds is 8. The summed E-state index contributed by atoms with van der Waals surface area (Å²) in [4.78, 5) is 66.2. The number of carbonyl (C=O) groups is 5. The van der Waals surface area contributed by atoms with Gasteiger partial charge in [-0.05, 0) is 30.0 Å². The summed E-state index contributed by atoms with van der Waals surface area (Å²) in [6.45, 7) is 13.2. The Morgan fingerprint density at radius 3 is 2.40 bits per heavy atom. The van der Waals surface area contributed by atoms with E-state index < -0.39 is 112 Å². The van der Waals surface area contributed by atoms with Crippen LogP contribution in [0.1, 0.15) is 65.9 Å². The highest BCUT2D eigenvalue weighted by Crippen LogP contribution is 2.72. The lowest BCUT2D eigenvalue weighted by molar-refractivity contribution is -0.260. The van der Waals surface area contributed by atoms with Gasteiger partial charge in [0.2, 0.25) is 0 Å². The van der Waals surface area contributed by atoms with E-state index in [1.165, 1.54) is 19.5 Å². The number of cyclic esters (lactones) is 1. The Hall–Kier alpha value is -3.59. The van der Waals surface area contributed by atoms with Gasteiger partial charge in [0, 0.05) is 42.9 Å². The molecule has 3 N–H and O–H groups in total. The van der Waals surface area contributed by atoms with E-state index in [1.807, 2.05) is 0 Å². The molecule has 262 valence electrons. The molecule has 2 aliphatic heterocycles. The molecule has 3 saturated carbocycles. The van der Waals surface area contributed by atoms with Crippen LogP contribution in [0.3, 0.4) is 0 Å². The number of fused-ring (bicyclic) bond motifs is 1. The lowest BCUT2D eigenvalue weighted by Crippen LogP contribution is -2.73. The quantitative estimate of drug-likeness (QED) is 0.154. The number of aliphatic hydroxyl groups is 3. The van der Waals surface area contributed by atoms with Gasteiger partial charge in [0.25, 0.3) is 6.47 Å². The third-order valence-corrected chi connectivity index (χ3v) is 12.1. The lowest BCUT2D eigenvalue weighted by atomic mass is 9.44. The Bertz CT molecular complexity index is 1550. The van der Waals surface area contributed by atoms with Gasteiger partial charge >= 0.3 is 17.9 Å². The van der Waals surface area contributed by atoms with Crippen molar-refractivity contribution >= 4 is 30.2 Å². The highest BCUT2D eigenvalue weighted by atomic mass is 16.7. The molecule has 0 aromatic carbocycles. The van der Waals surface area contributed by atoms with Gasteiger partial charge in [0.1, 0.15) is 36.4 Å². The fraction of sp³-hybridized carbons (Fsp3) is 0.676. The second-order valence-corrected chi connectivity index (χ2v) is 15.0. The molecule has 3 heterocycles. The van der Waals surface area contributed by atoms with Crippen molar-refractivity contribution in [2.24, 2.45) is 34.5 Å². The van der Waals surface area contributed by atoms with E-state index in [4.69, 9.17) is 28.1 Å². The average molecular weight is 675 g/mol. The first-order valence-electron chi connectivity index (χ1n) is 16.0. The van der Waals surface area contributed by atoms with Crippen molar-refractivity contribution in [1.82, 2.24) is 0 Å². The van der Waals surface area contributed by atoms with Crippen molar-refractivity contribution in [3.63, 3.8) is 0 Å². The number of esters is 3. The Kier molecular flexibility index (Phi) is 7.83. The minimum atomic E-state index is -2.45. The normalized spacial score (nSPS) is 45.3. The monoisotopic (exact) mass is 674 g/mol. The van der Waals surface area contributed by atoms with E-state index in [0.717, 1.165) is 6.92 Å². The molecule has 4 unspecified atom stereocenters. The molecular formula is C34H42O14. The number of ether oxygens (including phenoxy) is 5. The molecule has 14 heteroatoms. The van der Waals surface area contributed by atoms with Gasteiger partial charge in [0.15, 0.2) is 23.3 Å². The zero-order valence-corrected chi connectivity index (χ0v) is 27.7. The largest absolute Gasteiger partial charge is 0.472 e. The SMILES string of the molecule is C=C1C([C@]2(C)C3C4C(=O)OC[C@@]3(C)O[C@]4(O)C[C@@H]2OC(C)=O)[C@@H](OC=O)[C@H](OC(=O)C(O)C(C)C)[C@@]2(C)[C@H](c3ccoc3)CC(=O)[C@]12O. The van der Waals surface area contributed by atoms with E-state index in [0.29, 0.717) is 5.56 Å².